The van der Waals surface area contributed by atoms with Gasteiger partial charge in [-0.1, -0.05) is 72.6 Å². The van der Waals surface area contributed by atoms with Crippen molar-refractivity contribution < 1.29 is 14.3 Å². The van der Waals surface area contributed by atoms with Gasteiger partial charge in [-0.3, -0.25) is 9.59 Å². The highest BCUT2D eigenvalue weighted by Crippen LogP contribution is 2.26. The number of aryl methyl sites for hydroxylation is 2. The number of halogens is 2. The van der Waals surface area contributed by atoms with Crippen LogP contribution in [0.15, 0.2) is 60.7 Å². The number of ether oxygens (including phenoxy) is 1. The van der Waals surface area contributed by atoms with Crippen LogP contribution in [0.4, 0.5) is 0 Å². The topological polar surface area (TPSA) is 58.6 Å². The van der Waals surface area contributed by atoms with Gasteiger partial charge in [0, 0.05) is 19.0 Å². The number of rotatable bonds is 11. The van der Waals surface area contributed by atoms with Crippen LogP contribution in [0.2, 0.25) is 10.0 Å². The SMILES string of the molecule is CC[C@H](C)NC(=O)[C@H](Cc1ccccc1)N(Cc1ccc(Cl)c(Cl)c1)C(=O)COc1cc(C)cc(C)c1C. The highest BCUT2D eigenvalue weighted by molar-refractivity contribution is 6.42. The van der Waals surface area contributed by atoms with Crippen LogP contribution in [0.3, 0.4) is 0 Å². The lowest BCUT2D eigenvalue weighted by molar-refractivity contribution is -0.143. The number of benzene rings is 3. The van der Waals surface area contributed by atoms with Gasteiger partial charge in [0.25, 0.3) is 5.91 Å². The van der Waals surface area contributed by atoms with Crippen LogP contribution in [-0.4, -0.2) is 35.4 Å². The van der Waals surface area contributed by atoms with Gasteiger partial charge in [-0.05, 0) is 80.1 Å². The first-order chi connectivity index (χ1) is 18.1. The Balaban J connectivity index is 1.97. The fraction of sp³-hybridized carbons (Fsp3) is 0.355. The molecule has 38 heavy (non-hydrogen) atoms. The van der Waals surface area contributed by atoms with E-state index < -0.39 is 6.04 Å². The molecule has 0 spiro atoms. The second-order valence-corrected chi connectivity index (χ2v) is 10.6. The van der Waals surface area contributed by atoms with E-state index >= 15 is 0 Å². The molecule has 3 aromatic carbocycles. The summed E-state index contributed by atoms with van der Waals surface area (Å²) in [7, 11) is 0. The van der Waals surface area contributed by atoms with Gasteiger partial charge < -0.3 is 15.0 Å². The molecule has 0 heterocycles. The van der Waals surface area contributed by atoms with E-state index in [1.54, 1.807) is 17.0 Å². The van der Waals surface area contributed by atoms with E-state index in [2.05, 4.69) is 11.4 Å². The number of hydrogen-bond acceptors (Lipinski definition) is 3. The van der Waals surface area contributed by atoms with Crippen LogP contribution in [0.1, 0.15) is 48.1 Å². The zero-order valence-electron chi connectivity index (χ0n) is 22.7. The highest BCUT2D eigenvalue weighted by atomic mass is 35.5. The molecule has 0 aromatic heterocycles. The van der Waals surface area contributed by atoms with Crippen molar-refractivity contribution in [2.24, 2.45) is 0 Å². The summed E-state index contributed by atoms with van der Waals surface area (Å²) in [4.78, 5) is 29.0. The van der Waals surface area contributed by atoms with Crippen molar-refractivity contribution in [1.29, 1.82) is 0 Å². The summed E-state index contributed by atoms with van der Waals surface area (Å²) in [6, 6.07) is 18.2. The normalized spacial score (nSPS) is 12.5. The van der Waals surface area contributed by atoms with Crippen molar-refractivity contribution in [1.82, 2.24) is 10.2 Å². The molecule has 1 N–H and O–H groups in total. The fourth-order valence-electron chi connectivity index (χ4n) is 4.20. The predicted octanol–water partition coefficient (Wildman–Crippen LogP) is 6.85. The standard InChI is InChI=1S/C31H36Cl2N2O3/c1-6-22(4)34-31(37)28(17-24-10-8-7-9-11-24)35(18-25-12-13-26(32)27(33)16-25)30(36)19-38-29-15-20(2)14-21(3)23(29)5/h7-16,22,28H,6,17-19H2,1-5H3,(H,34,37)/t22-,28-/m0/s1. The molecule has 0 fully saturated rings. The van der Waals surface area contributed by atoms with Crippen LogP contribution in [0.25, 0.3) is 0 Å². The molecule has 0 unspecified atom stereocenters. The molecule has 0 aliphatic carbocycles. The molecule has 0 saturated carbocycles. The third kappa shape index (κ3) is 7.99. The quantitative estimate of drug-likeness (QED) is 0.282. The van der Waals surface area contributed by atoms with E-state index in [4.69, 9.17) is 27.9 Å². The van der Waals surface area contributed by atoms with E-state index in [0.717, 1.165) is 34.2 Å². The average Bonchev–Trinajstić information content (AvgIpc) is 2.89. The molecule has 3 aromatic rings. The number of nitrogens with zero attached hydrogens (tertiary/aromatic N) is 1. The first kappa shape index (κ1) is 29.5. The van der Waals surface area contributed by atoms with Gasteiger partial charge in [0.1, 0.15) is 11.8 Å². The smallest absolute Gasteiger partial charge is 0.261 e. The molecule has 2 amide bonds. The lowest BCUT2D eigenvalue weighted by atomic mass is 10.0. The maximum Gasteiger partial charge on any atom is 0.261 e. The van der Waals surface area contributed by atoms with Crippen LogP contribution >= 0.6 is 23.2 Å². The van der Waals surface area contributed by atoms with Gasteiger partial charge >= 0.3 is 0 Å². The minimum atomic E-state index is -0.753. The first-order valence-corrected chi connectivity index (χ1v) is 13.6. The molecule has 5 nitrogen and oxygen atoms in total. The number of nitrogens with one attached hydrogen (secondary N) is 1. The second kappa shape index (κ2) is 13.7. The van der Waals surface area contributed by atoms with E-state index in [9.17, 15) is 9.59 Å². The number of carbonyl (C=O) groups excluding carboxylic acids is 2. The van der Waals surface area contributed by atoms with Gasteiger partial charge in [0.2, 0.25) is 5.91 Å². The predicted molar refractivity (Wildman–Crippen MR) is 155 cm³/mol. The summed E-state index contributed by atoms with van der Waals surface area (Å²) >= 11 is 12.4. The van der Waals surface area contributed by atoms with Gasteiger partial charge in [0.15, 0.2) is 6.61 Å². The van der Waals surface area contributed by atoms with E-state index in [-0.39, 0.29) is 31.0 Å². The van der Waals surface area contributed by atoms with Gasteiger partial charge in [-0.2, -0.15) is 0 Å². The van der Waals surface area contributed by atoms with Crippen LogP contribution in [0, 0.1) is 20.8 Å². The summed E-state index contributed by atoms with van der Waals surface area (Å²) < 4.78 is 6.03. The zero-order valence-corrected chi connectivity index (χ0v) is 24.2. The van der Waals surface area contributed by atoms with Gasteiger partial charge in [-0.25, -0.2) is 0 Å². The molecule has 7 heteroatoms. The minimum Gasteiger partial charge on any atom is -0.483 e. The van der Waals surface area contributed by atoms with E-state index in [1.165, 1.54) is 0 Å². The molecular weight excluding hydrogens is 519 g/mol. The average molecular weight is 556 g/mol. The first-order valence-electron chi connectivity index (χ1n) is 12.9. The van der Waals surface area contributed by atoms with Crippen LogP contribution in [-0.2, 0) is 22.6 Å². The Bertz CT molecular complexity index is 1260. The van der Waals surface area contributed by atoms with E-state index in [1.807, 2.05) is 77.1 Å². The summed E-state index contributed by atoms with van der Waals surface area (Å²) in [6.45, 7) is 9.92. The van der Waals surface area contributed by atoms with Crippen molar-refractivity contribution in [2.45, 2.75) is 66.1 Å². The summed E-state index contributed by atoms with van der Waals surface area (Å²) in [5, 5.41) is 3.89. The minimum absolute atomic E-state index is 0.0307. The number of hydrogen-bond donors (Lipinski definition) is 1. The van der Waals surface area contributed by atoms with Crippen LogP contribution in [0.5, 0.6) is 5.75 Å². The van der Waals surface area contributed by atoms with Crippen LogP contribution < -0.4 is 10.1 Å². The third-order valence-electron chi connectivity index (χ3n) is 6.72. The fourth-order valence-corrected chi connectivity index (χ4v) is 4.52. The Kier molecular flexibility index (Phi) is 10.6. The number of amides is 2. The van der Waals surface area contributed by atoms with Crippen molar-refractivity contribution in [3.05, 3.63) is 98.5 Å². The van der Waals surface area contributed by atoms with Crippen molar-refractivity contribution in [3.63, 3.8) is 0 Å². The molecular formula is C31H36Cl2N2O3. The maximum absolute atomic E-state index is 13.8. The zero-order chi connectivity index (χ0) is 27.8. The third-order valence-corrected chi connectivity index (χ3v) is 7.46. The highest BCUT2D eigenvalue weighted by Gasteiger charge is 2.31. The molecule has 0 aliphatic heterocycles. The number of carbonyl (C=O) groups is 2. The Morgan fingerprint density at radius 3 is 2.32 bits per heavy atom. The second-order valence-electron chi connectivity index (χ2n) is 9.79. The Labute approximate surface area is 236 Å². The van der Waals surface area contributed by atoms with Crippen molar-refractivity contribution >= 4 is 35.0 Å². The molecule has 0 saturated heterocycles. The molecule has 3 rings (SSSR count). The van der Waals surface area contributed by atoms with Gasteiger partial charge in [-0.15, -0.1) is 0 Å². The molecule has 0 bridgehead atoms. The largest absolute Gasteiger partial charge is 0.483 e. The lowest BCUT2D eigenvalue weighted by Crippen LogP contribution is -2.53. The monoisotopic (exact) mass is 554 g/mol. The Morgan fingerprint density at radius 1 is 0.947 bits per heavy atom. The molecule has 2 atom stereocenters. The lowest BCUT2D eigenvalue weighted by Gasteiger charge is -2.32. The summed E-state index contributed by atoms with van der Waals surface area (Å²) in [5.41, 5.74) is 4.85. The van der Waals surface area contributed by atoms with Crippen molar-refractivity contribution in [2.75, 3.05) is 6.61 Å². The Morgan fingerprint density at radius 2 is 1.66 bits per heavy atom. The summed E-state index contributed by atoms with van der Waals surface area (Å²) in [5.74, 6) is 0.156. The van der Waals surface area contributed by atoms with E-state index in [0.29, 0.717) is 22.2 Å². The van der Waals surface area contributed by atoms with Gasteiger partial charge in [0.05, 0.1) is 10.0 Å². The van der Waals surface area contributed by atoms with Crippen molar-refractivity contribution in [3.8, 4) is 5.75 Å². The summed E-state index contributed by atoms with van der Waals surface area (Å²) in [6.07, 6.45) is 1.14. The molecule has 0 radical (unpaired) electrons. The molecule has 202 valence electrons. The Hall–Kier alpha value is -3.02. The maximum atomic E-state index is 13.8. The molecule has 0 aliphatic rings.